The number of hydrogen-bond acceptors (Lipinski definition) is 6. The molecule has 23 heavy (non-hydrogen) atoms. The van der Waals surface area contributed by atoms with Crippen molar-refractivity contribution >= 4 is 0 Å². The van der Waals surface area contributed by atoms with Crippen molar-refractivity contribution in [2.75, 3.05) is 13.6 Å². The number of rotatable bonds is 0. The fraction of sp³-hybridized carbons (Fsp3) is 0.471. The van der Waals surface area contributed by atoms with E-state index < -0.39 is 16.8 Å². The van der Waals surface area contributed by atoms with Gasteiger partial charge in [-0.05, 0) is 44.1 Å². The highest BCUT2D eigenvalue weighted by Gasteiger charge is 2.81. The second-order valence-electron chi connectivity index (χ2n) is 7.13. The van der Waals surface area contributed by atoms with E-state index in [1.165, 1.54) is 0 Å². The zero-order valence-electron chi connectivity index (χ0n) is 12.5. The second kappa shape index (κ2) is 3.28. The van der Waals surface area contributed by atoms with Crippen molar-refractivity contribution in [1.82, 2.24) is 4.90 Å². The molecule has 3 aliphatic heterocycles. The number of benzene rings is 1. The lowest BCUT2D eigenvalue weighted by Crippen LogP contribution is -2.77. The van der Waals surface area contributed by atoms with E-state index in [1.54, 1.807) is 6.08 Å². The van der Waals surface area contributed by atoms with Gasteiger partial charge in [0.1, 0.15) is 11.0 Å². The van der Waals surface area contributed by atoms with Crippen molar-refractivity contribution in [3.05, 3.63) is 40.8 Å². The molecule has 0 saturated carbocycles. The average Bonchev–Trinajstić information content (AvgIpc) is 2.82. The first-order chi connectivity index (χ1) is 11.0. The molecule has 0 amide bonds. The van der Waals surface area contributed by atoms with Crippen molar-refractivity contribution in [2.45, 2.75) is 35.7 Å². The molecule has 5 aliphatic rings. The van der Waals surface area contributed by atoms with Crippen LogP contribution in [0.5, 0.6) is 11.5 Å². The van der Waals surface area contributed by atoms with Crippen LogP contribution in [0.4, 0.5) is 0 Å². The fourth-order valence-electron chi connectivity index (χ4n) is 5.37. The van der Waals surface area contributed by atoms with E-state index in [-0.39, 0.29) is 11.8 Å². The Kier molecular flexibility index (Phi) is 1.77. The Morgan fingerprint density at radius 3 is 3.13 bits per heavy atom. The summed E-state index contributed by atoms with van der Waals surface area (Å²) in [4.78, 5) is 13.2. The number of ether oxygens (including phenoxy) is 1. The van der Waals surface area contributed by atoms with Crippen LogP contribution in [-0.2, 0) is 16.7 Å². The Morgan fingerprint density at radius 1 is 1.39 bits per heavy atom. The molecule has 2 spiro atoms. The summed E-state index contributed by atoms with van der Waals surface area (Å²) in [5.41, 5.74) is 2.65. The number of piperidine rings is 1. The van der Waals surface area contributed by atoms with Crippen LogP contribution < -0.4 is 9.62 Å². The Morgan fingerprint density at radius 2 is 2.26 bits per heavy atom. The molecule has 1 saturated heterocycles. The lowest BCUT2D eigenvalue weighted by Gasteiger charge is -2.61. The molecule has 4 bridgehead atoms. The van der Waals surface area contributed by atoms with Crippen molar-refractivity contribution in [3.8, 4) is 11.5 Å². The average molecular weight is 313 g/mol. The zero-order valence-corrected chi connectivity index (χ0v) is 12.5. The monoisotopic (exact) mass is 313 g/mol. The second-order valence-corrected chi connectivity index (χ2v) is 7.13. The van der Waals surface area contributed by atoms with Crippen molar-refractivity contribution in [3.63, 3.8) is 0 Å². The van der Waals surface area contributed by atoms with Gasteiger partial charge in [-0.2, -0.15) is 0 Å². The summed E-state index contributed by atoms with van der Waals surface area (Å²) in [6.45, 7) is 0.770. The van der Waals surface area contributed by atoms with Crippen LogP contribution in [0.2, 0.25) is 0 Å². The van der Waals surface area contributed by atoms with Gasteiger partial charge in [0, 0.05) is 11.6 Å². The largest absolute Gasteiger partial charge is 0.499 e. The van der Waals surface area contributed by atoms with E-state index >= 15 is 0 Å². The molecule has 6 heteroatoms. The Hall–Kier alpha value is -1.98. The zero-order chi connectivity index (χ0) is 15.6. The Bertz CT molecular complexity index is 859. The van der Waals surface area contributed by atoms with E-state index in [4.69, 9.17) is 14.5 Å². The molecular weight excluding hydrogens is 298 g/mol. The molecule has 2 N–H and O–H groups in total. The van der Waals surface area contributed by atoms with E-state index in [2.05, 4.69) is 10.6 Å². The van der Waals surface area contributed by atoms with Crippen LogP contribution >= 0.6 is 0 Å². The number of aliphatic hydroxyl groups excluding tert-OH is 1. The van der Waals surface area contributed by atoms with Gasteiger partial charge >= 0.3 is 5.79 Å². The van der Waals surface area contributed by atoms with Gasteiger partial charge in [-0.3, -0.25) is 4.90 Å². The number of aliphatic hydroxyl groups is 2. The molecule has 0 aromatic heterocycles. The van der Waals surface area contributed by atoms with E-state index in [0.29, 0.717) is 24.3 Å². The number of likely N-dealkylation sites (tertiary alicyclic amines) is 1. The van der Waals surface area contributed by atoms with Crippen LogP contribution in [0, 0.1) is 0 Å². The minimum atomic E-state index is -1.55. The summed E-state index contributed by atoms with van der Waals surface area (Å²) >= 11 is 0. The molecule has 3 heterocycles. The lowest BCUT2D eigenvalue weighted by molar-refractivity contribution is -0.395. The maximum absolute atomic E-state index is 11.7. The van der Waals surface area contributed by atoms with Gasteiger partial charge in [0.2, 0.25) is 11.5 Å². The maximum Gasteiger partial charge on any atom is 0.330 e. The van der Waals surface area contributed by atoms with Gasteiger partial charge in [0.05, 0.1) is 0 Å². The minimum Gasteiger partial charge on any atom is -0.499 e. The van der Waals surface area contributed by atoms with Crippen LogP contribution in [-0.4, -0.2) is 46.1 Å². The van der Waals surface area contributed by atoms with Gasteiger partial charge in [0.25, 0.3) is 0 Å². The number of nitrogens with zero attached hydrogens (tertiary/aromatic N) is 1. The van der Waals surface area contributed by atoms with Crippen LogP contribution in [0.1, 0.15) is 17.5 Å². The SMILES string of the molecule is CN1CC[C@]23c4c5ccc6c4O[C@@]2(OO6)C(O)=C=C[C@@]3(O)[C@H]1C5. The van der Waals surface area contributed by atoms with Crippen LogP contribution in [0.3, 0.4) is 0 Å². The van der Waals surface area contributed by atoms with E-state index in [9.17, 15) is 10.2 Å². The summed E-state index contributed by atoms with van der Waals surface area (Å²) in [5.74, 6) is -0.660. The molecule has 1 aromatic rings. The number of hydrogen-bond donors (Lipinski definition) is 2. The third kappa shape index (κ3) is 0.966. The van der Waals surface area contributed by atoms with Gasteiger partial charge < -0.3 is 19.8 Å². The lowest BCUT2D eigenvalue weighted by atomic mass is 9.50. The quantitative estimate of drug-likeness (QED) is 0.549. The third-order valence-electron chi connectivity index (χ3n) is 6.41. The molecule has 0 unspecified atom stereocenters. The van der Waals surface area contributed by atoms with Gasteiger partial charge in [0.15, 0.2) is 5.75 Å². The molecule has 1 fully saturated rings. The molecule has 6 rings (SSSR count). The molecule has 6 nitrogen and oxygen atoms in total. The first-order valence-electron chi connectivity index (χ1n) is 7.84. The highest BCUT2D eigenvalue weighted by Crippen LogP contribution is 2.69. The topological polar surface area (TPSA) is 71.4 Å². The van der Waals surface area contributed by atoms with Crippen molar-refractivity contribution in [1.29, 1.82) is 0 Å². The molecule has 4 atom stereocenters. The summed E-state index contributed by atoms with van der Waals surface area (Å²) in [5, 5.41) is 22.3. The van der Waals surface area contributed by atoms with Crippen molar-refractivity contribution in [2.24, 2.45) is 0 Å². The summed E-state index contributed by atoms with van der Waals surface area (Å²) in [6.07, 6.45) is 2.88. The van der Waals surface area contributed by atoms with Gasteiger partial charge in [-0.1, -0.05) is 11.8 Å². The minimum absolute atomic E-state index is 0.133. The summed E-state index contributed by atoms with van der Waals surface area (Å²) < 4.78 is 6.10. The molecule has 1 aromatic carbocycles. The summed E-state index contributed by atoms with van der Waals surface area (Å²) in [6, 6.07) is 3.70. The van der Waals surface area contributed by atoms with Gasteiger partial charge in [-0.15, -0.1) is 4.89 Å². The Labute approximate surface area is 132 Å². The summed E-state index contributed by atoms with van der Waals surface area (Å²) in [7, 11) is 2.01. The van der Waals surface area contributed by atoms with Crippen LogP contribution in [0.25, 0.3) is 0 Å². The van der Waals surface area contributed by atoms with Crippen LogP contribution in [0.15, 0.2) is 29.7 Å². The molecule has 0 radical (unpaired) electrons. The predicted octanol–water partition coefficient (Wildman–Crippen LogP) is 0.939. The highest BCUT2D eigenvalue weighted by atomic mass is 17.2. The Balaban J connectivity index is 1.83. The van der Waals surface area contributed by atoms with E-state index in [1.807, 2.05) is 19.2 Å². The normalized spacial score (nSPS) is 44.4. The first-order valence-corrected chi connectivity index (χ1v) is 7.84. The highest BCUT2D eigenvalue weighted by molar-refractivity contribution is 5.66. The number of likely N-dealkylation sites (N-methyl/N-ethyl adjacent to an activating group) is 1. The fourth-order valence-corrected chi connectivity index (χ4v) is 5.37. The predicted molar refractivity (Wildman–Crippen MR) is 77.1 cm³/mol. The van der Waals surface area contributed by atoms with E-state index in [0.717, 1.165) is 17.7 Å². The molecule has 118 valence electrons. The third-order valence-corrected chi connectivity index (χ3v) is 6.41. The molecule has 2 aliphatic carbocycles. The van der Waals surface area contributed by atoms with Gasteiger partial charge in [-0.25, -0.2) is 0 Å². The van der Waals surface area contributed by atoms with Crippen molar-refractivity contribution < 1.29 is 24.7 Å². The smallest absolute Gasteiger partial charge is 0.330 e. The first kappa shape index (κ1) is 12.4. The standard InChI is InChI=1S/C17H15NO5/c1-18-7-6-15-13-9-2-3-10-14(13)21-17(15,23-22-10)12(19)4-5-16(15,20)11(18)8-9/h2-3,5,11,19-20H,6-8H2,1H3/t11-,15-,16-,17-/m1/s1. The maximum atomic E-state index is 11.7. The molecular formula is C17H15NO5.